The third-order valence-corrected chi connectivity index (χ3v) is 18.0. The summed E-state index contributed by atoms with van der Waals surface area (Å²) in [5.41, 5.74) is 0. The summed E-state index contributed by atoms with van der Waals surface area (Å²) in [6.07, 6.45) is 110. The van der Waals surface area contributed by atoms with Gasteiger partial charge in [0, 0.05) is 12.8 Å². The lowest BCUT2D eigenvalue weighted by molar-refractivity contribution is -0.161. The summed E-state index contributed by atoms with van der Waals surface area (Å²) in [6.45, 7) is 4.08. The van der Waals surface area contributed by atoms with Gasteiger partial charge in [-0.1, -0.05) is 401 Å². The van der Waals surface area contributed by atoms with Crippen molar-refractivity contribution >= 4 is 11.9 Å². The van der Waals surface area contributed by atoms with Gasteiger partial charge in [0.1, 0.15) is 6.61 Å². The average Bonchev–Trinajstić information content (AvgIpc) is 3.54. The molecule has 88 heavy (non-hydrogen) atoms. The summed E-state index contributed by atoms with van der Waals surface area (Å²) in [7, 11) is 0. The molecule has 0 aliphatic rings. The predicted molar refractivity (Wildman–Crippen MR) is 390 cm³/mol. The lowest BCUT2D eigenvalue weighted by Gasteiger charge is -2.15. The molecule has 1 N–H and O–H groups in total. The van der Waals surface area contributed by atoms with E-state index in [1.807, 2.05) is 0 Å². The average molecular weight is 1230 g/mol. The van der Waals surface area contributed by atoms with Crippen molar-refractivity contribution < 1.29 is 24.2 Å². The van der Waals surface area contributed by atoms with E-state index in [0.717, 1.165) is 64.2 Å². The molecule has 0 aliphatic carbocycles. The molecule has 1 atom stereocenters. The minimum Gasteiger partial charge on any atom is -0.462 e. The van der Waals surface area contributed by atoms with Crippen molar-refractivity contribution in [3.05, 3.63) is 72.9 Å². The monoisotopic (exact) mass is 1230 g/mol. The first kappa shape index (κ1) is 85.3. The van der Waals surface area contributed by atoms with E-state index in [1.54, 1.807) is 0 Å². The first-order chi connectivity index (χ1) is 43.6. The highest BCUT2D eigenvalue weighted by atomic mass is 16.6. The van der Waals surface area contributed by atoms with Gasteiger partial charge in [-0.25, -0.2) is 0 Å². The Bertz CT molecular complexity index is 1540. The van der Waals surface area contributed by atoms with Gasteiger partial charge < -0.3 is 14.6 Å². The van der Waals surface area contributed by atoms with Gasteiger partial charge in [0.25, 0.3) is 0 Å². The van der Waals surface area contributed by atoms with Gasteiger partial charge in [-0.3, -0.25) is 9.59 Å². The summed E-state index contributed by atoms with van der Waals surface area (Å²) < 4.78 is 10.8. The van der Waals surface area contributed by atoms with E-state index in [-0.39, 0.29) is 25.2 Å². The quantitative estimate of drug-likeness (QED) is 0.0373. The number of carbonyl (C=O) groups excluding carboxylic acids is 2. The van der Waals surface area contributed by atoms with Gasteiger partial charge in [-0.2, -0.15) is 0 Å². The van der Waals surface area contributed by atoms with Crippen LogP contribution >= 0.6 is 0 Å². The maximum Gasteiger partial charge on any atom is 0.306 e. The molecule has 0 aromatic rings. The highest BCUT2D eigenvalue weighted by molar-refractivity contribution is 5.70. The Hall–Kier alpha value is -2.66. The number of rotatable bonds is 74. The molecule has 0 heterocycles. The normalized spacial score (nSPS) is 12.5. The minimum absolute atomic E-state index is 0.0603. The molecule has 0 aromatic carbocycles. The van der Waals surface area contributed by atoms with Crippen LogP contribution in [0.2, 0.25) is 0 Å². The van der Waals surface area contributed by atoms with Crippen LogP contribution in [0.4, 0.5) is 0 Å². The maximum atomic E-state index is 12.4. The summed E-state index contributed by atoms with van der Waals surface area (Å²) in [5.74, 6) is -0.565. The van der Waals surface area contributed by atoms with E-state index in [0.29, 0.717) is 12.8 Å². The molecule has 0 saturated heterocycles. The number of aliphatic hydroxyl groups excluding tert-OH is 1. The Morgan fingerprint density at radius 2 is 0.489 bits per heavy atom. The fourth-order valence-electron chi connectivity index (χ4n) is 12.1. The number of unbranched alkanes of at least 4 members (excludes halogenated alkanes) is 54. The highest BCUT2D eigenvalue weighted by Gasteiger charge is 2.16. The van der Waals surface area contributed by atoms with E-state index >= 15 is 0 Å². The van der Waals surface area contributed by atoms with Crippen molar-refractivity contribution in [3.63, 3.8) is 0 Å². The van der Waals surface area contributed by atoms with Crippen LogP contribution in [-0.2, 0) is 19.1 Å². The SMILES string of the molecule is CC/C=C\C/C=C\C/C=C\C/C=C\CCCCCCCCCCCCCCCCCCCCCCCCC(=O)OC(CO)COC(=O)CCCCCCCCCCCCCCCCCCCCCCCCCCCCC/C=C\C/C=C\CCCCCCC. The zero-order valence-electron chi connectivity index (χ0n) is 59.3. The zero-order chi connectivity index (χ0) is 63.3. The minimum atomic E-state index is -0.772. The highest BCUT2D eigenvalue weighted by Crippen LogP contribution is 2.20. The third kappa shape index (κ3) is 75.8. The van der Waals surface area contributed by atoms with Crippen molar-refractivity contribution in [2.24, 2.45) is 0 Å². The van der Waals surface area contributed by atoms with Crippen molar-refractivity contribution in [2.75, 3.05) is 13.2 Å². The van der Waals surface area contributed by atoms with Crippen LogP contribution in [0.5, 0.6) is 0 Å². The molecule has 0 amide bonds. The fraction of sp³-hybridized carbons (Fsp3) is 0.831. The molecule has 0 bridgehead atoms. The van der Waals surface area contributed by atoms with Crippen molar-refractivity contribution in [1.29, 1.82) is 0 Å². The van der Waals surface area contributed by atoms with E-state index in [1.165, 1.54) is 334 Å². The molecule has 5 nitrogen and oxygen atoms in total. The van der Waals surface area contributed by atoms with E-state index in [2.05, 4.69) is 86.8 Å². The van der Waals surface area contributed by atoms with E-state index in [4.69, 9.17) is 9.47 Å². The third-order valence-electron chi connectivity index (χ3n) is 18.0. The smallest absolute Gasteiger partial charge is 0.306 e. The summed E-state index contributed by atoms with van der Waals surface area (Å²) in [6, 6.07) is 0. The topological polar surface area (TPSA) is 72.8 Å². The summed E-state index contributed by atoms with van der Waals surface area (Å²) in [5, 5.41) is 9.73. The zero-order valence-corrected chi connectivity index (χ0v) is 59.3. The number of hydrogen-bond acceptors (Lipinski definition) is 5. The summed E-state index contributed by atoms with van der Waals surface area (Å²) >= 11 is 0. The molecule has 0 aliphatic heterocycles. The van der Waals surface area contributed by atoms with Crippen molar-refractivity contribution in [2.45, 2.75) is 431 Å². The second-order valence-corrected chi connectivity index (χ2v) is 26.8. The summed E-state index contributed by atoms with van der Waals surface area (Å²) in [4.78, 5) is 24.7. The van der Waals surface area contributed by atoms with Crippen molar-refractivity contribution in [1.82, 2.24) is 0 Å². The largest absolute Gasteiger partial charge is 0.462 e. The molecule has 0 radical (unpaired) electrons. The lowest BCUT2D eigenvalue weighted by Crippen LogP contribution is -2.28. The number of carbonyl (C=O) groups is 2. The molecule has 514 valence electrons. The maximum absolute atomic E-state index is 12.4. The van der Waals surface area contributed by atoms with Crippen LogP contribution in [0.15, 0.2) is 72.9 Å². The van der Waals surface area contributed by atoms with Crippen LogP contribution in [0, 0.1) is 0 Å². The van der Waals surface area contributed by atoms with Crippen LogP contribution in [0.3, 0.4) is 0 Å². The molecule has 0 aromatic heterocycles. The Morgan fingerprint density at radius 1 is 0.273 bits per heavy atom. The molecule has 1 unspecified atom stereocenters. The molecule has 0 saturated carbocycles. The van der Waals surface area contributed by atoms with Gasteiger partial charge in [-0.15, -0.1) is 0 Å². The first-order valence-electron chi connectivity index (χ1n) is 39.5. The number of ether oxygens (including phenoxy) is 2. The van der Waals surface area contributed by atoms with E-state index < -0.39 is 6.10 Å². The van der Waals surface area contributed by atoms with Crippen molar-refractivity contribution in [3.8, 4) is 0 Å². The Labute approximate surface area is 550 Å². The fourth-order valence-corrected chi connectivity index (χ4v) is 12.1. The number of esters is 2. The molecular weight excluding hydrogens is 1080 g/mol. The van der Waals surface area contributed by atoms with Crippen LogP contribution in [-0.4, -0.2) is 36.4 Å². The van der Waals surface area contributed by atoms with E-state index in [9.17, 15) is 14.7 Å². The molecule has 0 fully saturated rings. The lowest BCUT2D eigenvalue weighted by atomic mass is 10.0. The number of allylic oxidation sites excluding steroid dienone is 12. The van der Waals surface area contributed by atoms with Crippen LogP contribution < -0.4 is 0 Å². The van der Waals surface area contributed by atoms with Crippen LogP contribution in [0.25, 0.3) is 0 Å². The molecule has 5 heteroatoms. The molecule has 0 rings (SSSR count). The Morgan fingerprint density at radius 3 is 0.739 bits per heavy atom. The standard InChI is InChI=1S/C83H152O5/c1-3-5-7-9-11-13-15-17-19-21-23-25-27-29-31-33-35-37-39-40-41-42-44-45-47-49-51-53-55-57-59-61-63-65-67-69-71-73-75-77-82(85)87-80-81(79-84)88-83(86)78-76-74-72-70-68-66-64-62-60-58-56-54-52-50-48-46-43-38-36-34-32-30-28-26-24-22-20-18-16-14-12-10-8-6-4-2/h6,8,12,14-15,17-18,20-21,23-24,26,81,84H,3-5,7,9-11,13,16,19,22,25,27-80H2,1-2H3/b8-6-,14-12-,17-15-,20-18-,23-21-,26-24-. The van der Waals surface area contributed by atoms with Crippen LogP contribution in [0.1, 0.15) is 425 Å². The molecule has 0 spiro atoms. The van der Waals surface area contributed by atoms with Gasteiger partial charge in [0.05, 0.1) is 6.61 Å². The van der Waals surface area contributed by atoms with Gasteiger partial charge in [0.15, 0.2) is 6.10 Å². The van der Waals surface area contributed by atoms with Gasteiger partial charge >= 0.3 is 11.9 Å². The van der Waals surface area contributed by atoms with Gasteiger partial charge in [-0.05, 0) is 83.5 Å². The Balaban J connectivity index is 3.37. The first-order valence-corrected chi connectivity index (χ1v) is 39.5. The number of aliphatic hydroxyl groups is 1. The second-order valence-electron chi connectivity index (χ2n) is 26.8. The molecular formula is C83H152O5. The predicted octanol–water partition coefficient (Wildman–Crippen LogP) is 27.8. The van der Waals surface area contributed by atoms with Gasteiger partial charge in [0.2, 0.25) is 0 Å². The number of hydrogen-bond donors (Lipinski definition) is 1. The Kier molecular flexibility index (Phi) is 76.2. The second kappa shape index (κ2) is 78.6.